The second-order valence-electron chi connectivity index (χ2n) is 5.16. The molecule has 1 heterocycles. The van der Waals surface area contributed by atoms with Gasteiger partial charge in [-0.05, 0) is 13.3 Å². The largest absolute Gasteiger partial charge is 0.505 e. The van der Waals surface area contributed by atoms with Gasteiger partial charge in [0.25, 0.3) is 0 Å². The second-order valence-corrected chi connectivity index (χ2v) is 6.40. The average Bonchev–Trinajstić information content (AvgIpc) is 2.50. The van der Waals surface area contributed by atoms with Crippen LogP contribution in [0.2, 0.25) is 0 Å². The lowest BCUT2D eigenvalue weighted by atomic mass is 10.1. The van der Waals surface area contributed by atoms with E-state index in [0.29, 0.717) is 0 Å². The number of rotatable bonds is 9. The summed E-state index contributed by atoms with van der Waals surface area (Å²) < 4.78 is 15.2. The molecular formula is C13H18N3O9P. The molecule has 7 N–H and O–H groups in total. The number of carbonyl (C=O) groups is 2. The molecule has 0 amide bonds. The summed E-state index contributed by atoms with van der Waals surface area (Å²) in [7, 11) is -4.82. The van der Waals surface area contributed by atoms with E-state index in [1.807, 2.05) is 0 Å². The maximum Gasteiger partial charge on any atom is 0.469 e. The fourth-order valence-corrected chi connectivity index (χ4v) is 2.23. The summed E-state index contributed by atoms with van der Waals surface area (Å²) in [5.41, 5.74) is 5.62. The van der Waals surface area contributed by atoms with Crippen molar-refractivity contribution in [1.29, 1.82) is 0 Å². The summed E-state index contributed by atoms with van der Waals surface area (Å²) in [6.45, 7) is 0.738. The van der Waals surface area contributed by atoms with Crippen molar-refractivity contribution in [3.63, 3.8) is 0 Å². The smallest absolute Gasteiger partial charge is 0.469 e. The van der Waals surface area contributed by atoms with Gasteiger partial charge in [0.15, 0.2) is 0 Å². The molecule has 1 aromatic rings. The van der Waals surface area contributed by atoms with E-state index in [1.165, 1.54) is 6.92 Å². The zero-order chi connectivity index (χ0) is 20.1. The van der Waals surface area contributed by atoms with Crippen molar-refractivity contribution in [3.8, 4) is 5.75 Å². The molecule has 0 aromatic carbocycles. The van der Waals surface area contributed by atoms with Crippen molar-refractivity contribution < 1.29 is 43.8 Å². The van der Waals surface area contributed by atoms with Crippen LogP contribution < -0.4 is 5.73 Å². The van der Waals surface area contributed by atoms with E-state index < -0.39 is 50.4 Å². The number of hydrogen-bond donors (Lipinski definition) is 6. The number of carboxylic acids is 2. The van der Waals surface area contributed by atoms with Gasteiger partial charge < -0.3 is 30.8 Å². The van der Waals surface area contributed by atoms with Crippen LogP contribution in [0, 0.1) is 6.92 Å². The van der Waals surface area contributed by atoms with E-state index in [1.54, 1.807) is 0 Å². The molecule has 0 bridgehead atoms. The van der Waals surface area contributed by atoms with Crippen LogP contribution in [0.5, 0.6) is 5.75 Å². The Bertz CT molecular complexity index is 774. The number of pyridine rings is 1. The first kappa shape index (κ1) is 21.5. The molecule has 1 aromatic heterocycles. The summed E-state index contributed by atoms with van der Waals surface area (Å²) in [5.74, 6) is -3.58. The lowest BCUT2D eigenvalue weighted by Crippen LogP contribution is -2.26. The third kappa shape index (κ3) is 6.41. The van der Waals surface area contributed by atoms with Crippen molar-refractivity contribution in [1.82, 2.24) is 4.98 Å². The quantitative estimate of drug-likeness (QED) is 0.183. The minimum Gasteiger partial charge on any atom is -0.505 e. The molecular weight excluding hydrogens is 373 g/mol. The standard InChI is InChI=1S/C13H18N3O9P/c1-6-11(19)10(7(4-15-6)5-25-26(22,23)24)12(14)16-8(13(20)21)2-3-9(17)18/h4,8,19H,2-3,5H2,1H3,(H2,14,16)(H,17,18)(H,20,21)(H2,22,23,24)/t8-/m0/s1. The number of aliphatic imine (C=N–C) groups is 1. The lowest BCUT2D eigenvalue weighted by molar-refractivity contribution is -0.139. The van der Waals surface area contributed by atoms with Crippen molar-refractivity contribution in [2.24, 2.45) is 10.7 Å². The van der Waals surface area contributed by atoms with Gasteiger partial charge in [0.05, 0.1) is 17.9 Å². The van der Waals surface area contributed by atoms with Crippen LogP contribution in [-0.4, -0.2) is 53.9 Å². The highest BCUT2D eigenvalue weighted by Gasteiger charge is 2.23. The van der Waals surface area contributed by atoms with Crippen LogP contribution in [0.4, 0.5) is 0 Å². The average molecular weight is 391 g/mol. The van der Waals surface area contributed by atoms with Gasteiger partial charge in [-0.25, -0.2) is 9.36 Å². The number of carboxylic acid groups (broad SMARTS) is 2. The van der Waals surface area contributed by atoms with Gasteiger partial charge in [-0.15, -0.1) is 0 Å². The van der Waals surface area contributed by atoms with Gasteiger partial charge in [0.1, 0.15) is 17.6 Å². The molecule has 0 aliphatic heterocycles. The summed E-state index contributed by atoms with van der Waals surface area (Å²) in [4.78, 5) is 46.9. The summed E-state index contributed by atoms with van der Waals surface area (Å²) in [6.07, 6.45) is 0.323. The molecule has 0 saturated carbocycles. The number of phosphoric acid groups is 1. The van der Waals surface area contributed by atoms with Crippen molar-refractivity contribution in [2.45, 2.75) is 32.4 Å². The number of aliphatic carboxylic acids is 2. The van der Waals surface area contributed by atoms with E-state index in [9.17, 15) is 19.3 Å². The molecule has 0 fully saturated rings. The van der Waals surface area contributed by atoms with Crippen LogP contribution in [-0.2, 0) is 25.3 Å². The van der Waals surface area contributed by atoms with Gasteiger partial charge in [-0.2, -0.15) is 0 Å². The molecule has 0 saturated heterocycles. The Hall–Kier alpha value is -2.53. The minimum atomic E-state index is -4.82. The number of nitrogens with zero attached hydrogens (tertiary/aromatic N) is 2. The first-order chi connectivity index (χ1) is 11.9. The Kier molecular flexibility index (Phi) is 7.21. The number of phosphoric ester groups is 1. The zero-order valence-corrected chi connectivity index (χ0v) is 14.5. The maximum absolute atomic E-state index is 11.2. The van der Waals surface area contributed by atoms with Gasteiger partial charge >= 0.3 is 19.8 Å². The van der Waals surface area contributed by atoms with Crippen molar-refractivity contribution >= 4 is 25.6 Å². The van der Waals surface area contributed by atoms with Gasteiger partial charge in [0.2, 0.25) is 0 Å². The van der Waals surface area contributed by atoms with Gasteiger partial charge in [-0.1, -0.05) is 0 Å². The first-order valence-electron chi connectivity index (χ1n) is 7.08. The zero-order valence-electron chi connectivity index (χ0n) is 13.6. The van der Waals surface area contributed by atoms with Crippen LogP contribution in [0.3, 0.4) is 0 Å². The molecule has 13 heteroatoms. The Morgan fingerprint density at radius 2 is 2.00 bits per heavy atom. The molecule has 0 unspecified atom stereocenters. The Labute approximate surface area is 147 Å². The van der Waals surface area contributed by atoms with Gasteiger partial charge in [0, 0.05) is 18.2 Å². The van der Waals surface area contributed by atoms with Crippen LogP contribution in [0.1, 0.15) is 29.7 Å². The highest BCUT2D eigenvalue weighted by atomic mass is 31.2. The SMILES string of the molecule is Cc1ncc(COP(=O)(O)O)c(C(N)=N[C@@H](CCC(=O)O)C(=O)O)c1O. The molecule has 0 aliphatic carbocycles. The third-order valence-electron chi connectivity index (χ3n) is 3.17. The van der Waals surface area contributed by atoms with Crippen LogP contribution in [0.15, 0.2) is 11.2 Å². The number of hydrogen-bond acceptors (Lipinski definition) is 7. The third-order valence-corrected chi connectivity index (χ3v) is 3.64. The highest BCUT2D eigenvalue weighted by Crippen LogP contribution is 2.38. The Morgan fingerprint density at radius 1 is 1.38 bits per heavy atom. The molecule has 144 valence electrons. The highest BCUT2D eigenvalue weighted by molar-refractivity contribution is 7.46. The van der Waals surface area contributed by atoms with Crippen LogP contribution in [0.25, 0.3) is 0 Å². The van der Waals surface area contributed by atoms with Crippen molar-refractivity contribution in [3.05, 3.63) is 23.0 Å². The molecule has 0 spiro atoms. The fourth-order valence-electron chi connectivity index (χ4n) is 1.92. The molecule has 0 aliphatic rings. The summed E-state index contributed by atoms with van der Waals surface area (Å²) >= 11 is 0. The number of amidine groups is 1. The fraction of sp³-hybridized carbons (Fsp3) is 0.385. The predicted octanol–water partition coefficient (Wildman–Crippen LogP) is -0.272. The molecule has 12 nitrogen and oxygen atoms in total. The predicted molar refractivity (Wildman–Crippen MR) is 86.5 cm³/mol. The van der Waals surface area contributed by atoms with Gasteiger partial charge in [-0.3, -0.25) is 19.3 Å². The van der Waals surface area contributed by atoms with Crippen LogP contribution >= 0.6 is 7.82 Å². The topological polar surface area (TPSA) is 213 Å². The van der Waals surface area contributed by atoms with E-state index in [2.05, 4.69) is 14.5 Å². The Morgan fingerprint density at radius 3 is 2.50 bits per heavy atom. The molecule has 1 rings (SSSR count). The van der Waals surface area contributed by atoms with E-state index in [4.69, 9.17) is 25.7 Å². The van der Waals surface area contributed by atoms with E-state index >= 15 is 0 Å². The minimum absolute atomic E-state index is 0.0416. The Balaban J connectivity index is 3.28. The molecule has 26 heavy (non-hydrogen) atoms. The van der Waals surface area contributed by atoms with E-state index in [0.717, 1.165) is 6.20 Å². The normalized spacial score (nSPS) is 13.4. The molecule has 1 atom stereocenters. The monoisotopic (exact) mass is 391 g/mol. The lowest BCUT2D eigenvalue weighted by Gasteiger charge is -2.14. The maximum atomic E-state index is 11.2. The summed E-state index contributed by atoms with van der Waals surface area (Å²) in [5, 5.41) is 27.9. The number of aromatic hydroxyl groups is 1. The first-order valence-corrected chi connectivity index (χ1v) is 8.61. The van der Waals surface area contributed by atoms with E-state index in [-0.39, 0.29) is 23.2 Å². The number of nitrogens with two attached hydrogens (primary N) is 1. The summed E-state index contributed by atoms with van der Waals surface area (Å²) in [6, 6.07) is -1.49. The number of aryl methyl sites for hydroxylation is 1. The molecule has 0 radical (unpaired) electrons. The number of aromatic nitrogens is 1. The van der Waals surface area contributed by atoms with Crippen molar-refractivity contribution in [2.75, 3.05) is 0 Å². The second kappa shape index (κ2) is 8.72.